The van der Waals surface area contributed by atoms with Crippen LogP contribution in [0.5, 0.6) is 0 Å². The number of esters is 2. The van der Waals surface area contributed by atoms with E-state index in [0.717, 1.165) is 19.1 Å². The first-order chi connectivity index (χ1) is 15.8. The zero-order valence-corrected chi connectivity index (χ0v) is 18.3. The maximum atomic E-state index is 12.9. The molecule has 33 heavy (non-hydrogen) atoms. The van der Waals surface area contributed by atoms with Gasteiger partial charge >= 0.3 is 17.9 Å². The molecule has 168 valence electrons. The van der Waals surface area contributed by atoms with Gasteiger partial charge in [0, 0.05) is 5.69 Å². The number of nitrogens with two attached hydrogens (primary N) is 1. The molecule has 0 amide bonds. The van der Waals surface area contributed by atoms with Crippen molar-refractivity contribution < 1.29 is 29.0 Å². The number of methoxy groups -OCH3 is 2. The lowest BCUT2D eigenvalue weighted by Gasteiger charge is -2.36. The van der Waals surface area contributed by atoms with Crippen molar-refractivity contribution in [2.45, 2.75) is 5.92 Å². The lowest BCUT2D eigenvalue weighted by atomic mass is 9.81. The fourth-order valence-electron chi connectivity index (χ4n) is 3.60. The van der Waals surface area contributed by atoms with Gasteiger partial charge in [0.2, 0.25) is 0 Å². The number of carbonyl (C=O) groups is 3. The molecular formula is C23H18ClN3O6. The molecule has 3 rings (SSSR count). The van der Waals surface area contributed by atoms with Gasteiger partial charge in [0.05, 0.1) is 47.9 Å². The maximum absolute atomic E-state index is 12.9. The van der Waals surface area contributed by atoms with E-state index in [0.29, 0.717) is 5.56 Å². The van der Waals surface area contributed by atoms with Gasteiger partial charge in [-0.3, -0.25) is 4.90 Å². The van der Waals surface area contributed by atoms with Crippen LogP contribution < -0.4 is 10.6 Å². The first-order valence-corrected chi connectivity index (χ1v) is 9.83. The molecule has 0 saturated heterocycles. The van der Waals surface area contributed by atoms with Crippen molar-refractivity contribution in [2.24, 2.45) is 5.73 Å². The van der Waals surface area contributed by atoms with Crippen molar-refractivity contribution in [2.75, 3.05) is 19.1 Å². The Bertz CT molecular complexity index is 1250. The molecule has 1 atom stereocenters. The Kier molecular flexibility index (Phi) is 6.70. The highest BCUT2D eigenvalue weighted by molar-refractivity contribution is 6.33. The number of rotatable bonds is 5. The van der Waals surface area contributed by atoms with Gasteiger partial charge < -0.3 is 20.3 Å². The first kappa shape index (κ1) is 23.4. The van der Waals surface area contributed by atoms with Gasteiger partial charge in [-0.15, -0.1) is 0 Å². The van der Waals surface area contributed by atoms with Crippen LogP contribution in [0.4, 0.5) is 5.69 Å². The third-order valence-electron chi connectivity index (χ3n) is 5.05. The molecule has 0 spiro atoms. The summed E-state index contributed by atoms with van der Waals surface area (Å²) in [6.07, 6.45) is 0. The van der Waals surface area contributed by atoms with Crippen molar-refractivity contribution in [3.63, 3.8) is 0 Å². The number of carboxylic acid groups (broad SMARTS) is 1. The summed E-state index contributed by atoms with van der Waals surface area (Å²) in [6, 6.07) is 14.4. The van der Waals surface area contributed by atoms with Crippen LogP contribution in [0.15, 0.2) is 71.2 Å². The standard InChI is InChI=1S/C23H18ClN3O6/c1-32-22(30)18-17(12-6-4-3-5-7-12)15(11-25)20(26)27(19(18)23(31)33-2)13-8-9-14(21(28)29)16(24)10-13/h3-10,17H,26H2,1-2H3,(H,28,29). The number of anilines is 1. The summed E-state index contributed by atoms with van der Waals surface area (Å²) in [7, 11) is 2.27. The number of hydrogen-bond donors (Lipinski definition) is 2. The van der Waals surface area contributed by atoms with Crippen LogP contribution in [0.25, 0.3) is 0 Å². The average molecular weight is 468 g/mol. The van der Waals surface area contributed by atoms with Gasteiger partial charge in [-0.2, -0.15) is 5.26 Å². The number of hydrogen-bond acceptors (Lipinski definition) is 8. The topological polar surface area (TPSA) is 143 Å². The SMILES string of the molecule is COC(=O)C1=C(C(=O)OC)N(c2ccc(C(=O)O)c(Cl)c2)C(N)=C(C#N)C1c1ccccc1. The van der Waals surface area contributed by atoms with Gasteiger partial charge in [0.15, 0.2) is 0 Å². The molecule has 0 radical (unpaired) electrons. The van der Waals surface area contributed by atoms with Gasteiger partial charge in [0.25, 0.3) is 0 Å². The van der Waals surface area contributed by atoms with E-state index in [1.807, 2.05) is 6.07 Å². The minimum Gasteiger partial charge on any atom is -0.478 e. The molecule has 0 fully saturated rings. The summed E-state index contributed by atoms with van der Waals surface area (Å²) in [5.74, 6) is -4.21. The Balaban J connectivity index is 2.40. The molecule has 1 aliphatic heterocycles. The third-order valence-corrected chi connectivity index (χ3v) is 5.36. The van der Waals surface area contributed by atoms with E-state index in [2.05, 4.69) is 0 Å². The minimum atomic E-state index is -1.26. The highest BCUT2D eigenvalue weighted by Crippen LogP contribution is 2.43. The molecule has 3 N–H and O–H groups in total. The number of allylic oxidation sites excluding steroid dienone is 1. The maximum Gasteiger partial charge on any atom is 0.355 e. The van der Waals surface area contributed by atoms with E-state index >= 15 is 0 Å². The Morgan fingerprint density at radius 3 is 2.24 bits per heavy atom. The number of aromatic carboxylic acids is 1. The molecule has 2 aromatic carbocycles. The zero-order chi connectivity index (χ0) is 24.3. The number of nitriles is 1. The normalized spacial score (nSPS) is 15.7. The van der Waals surface area contributed by atoms with Crippen molar-refractivity contribution in [3.05, 3.63) is 87.3 Å². The third kappa shape index (κ3) is 4.12. The molecule has 0 aliphatic carbocycles. The Morgan fingerprint density at radius 1 is 1.09 bits per heavy atom. The molecule has 10 heteroatoms. The summed E-state index contributed by atoms with van der Waals surface area (Å²) in [6.45, 7) is 0. The highest BCUT2D eigenvalue weighted by atomic mass is 35.5. The molecule has 0 saturated carbocycles. The number of carboxylic acids is 1. The molecule has 0 aromatic heterocycles. The van der Waals surface area contributed by atoms with Crippen molar-refractivity contribution in [1.82, 2.24) is 0 Å². The van der Waals surface area contributed by atoms with Crippen molar-refractivity contribution in [1.29, 1.82) is 5.26 Å². The predicted molar refractivity (Wildman–Crippen MR) is 118 cm³/mol. The molecule has 1 unspecified atom stereocenters. The molecule has 1 heterocycles. The monoisotopic (exact) mass is 467 g/mol. The Morgan fingerprint density at radius 2 is 1.73 bits per heavy atom. The Labute approximate surface area is 193 Å². The van der Waals surface area contributed by atoms with Gasteiger partial charge in [-0.1, -0.05) is 41.9 Å². The van der Waals surface area contributed by atoms with E-state index in [1.165, 1.54) is 18.2 Å². The highest BCUT2D eigenvalue weighted by Gasteiger charge is 2.43. The molecule has 2 aromatic rings. The van der Waals surface area contributed by atoms with Crippen LogP contribution in [0.3, 0.4) is 0 Å². The summed E-state index contributed by atoms with van der Waals surface area (Å²) in [4.78, 5) is 38.4. The quantitative estimate of drug-likeness (QED) is 0.634. The Hall–Kier alpha value is -4.29. The van der Waals surface area contributed by atoms with Crippen LogP contribution >= 0.6 is 11.6 Å². The average Bonchev–Trinajstić information content (AvgIpc) is 2.82. The number of nitrogens with zero attached hydrogens (tertiary/aromatic N) is 2. The van der Waals surface area contributed by atoms with Crippen LogP contribution in [0.1, 0.15) is 21.8 Å². The number of halogens is 1. The lowest BCUT2D eigenvalue weighted by molar-refractivity contribution is -0.139. The summed E-state index contributed by atoms with van der Waals surface area (Å²) in [5, 5.41) is 19.1. The second-order valence-electron chi connectivity index (χ2n) is 6.80. The van der Waals surface area contributed by atoms with Crippen LogP contribution in [-0.4, -0.2) is 37.2 Å². The van der Waals surface area contributed by atoms with E-state index in [9.17, 15) is 24.8 Å². The molecule has 9 nitrogen and oxygen atoms in total. The summed E-state index contributed by atoms with van der Waals surface area (Å²) < 4.78 is 9.87. The van der Waals surface area contributed by atoms with E-state index in [-0.39, 0.29) is 38.9 Å². The number of carbonyl (C=O) groups excluding carboxylic acids is 2. The first-order valence-electron chi connectivity index (χ1n) is 9.45. The smallest absolute Gasteiger partial charge is 0.355 e. The van der Waals surface area contributed by atoms with E-state index < -0.39 is 23.8 Å². The van der Waals surface area contributed by atoms with Crippen molar-refractivity contribution in [3.8, 4) is 6.07 Å². The minimum absolute atomic E-state index is 0.0207. The second-order valence-corrected chi connectivity index (χ2v) is 7.21. The summed E-state index contributed by atoms with van der Waals surface area (Å²) in [5.41, 5.74) is 6.37. The largest absolute Gasteiger partial charge is 0.478 e. The van der Waals surface area contributed by atoms with E-state index in [4.69, 9.17) is 26.8 Å². The van der Waals surface area contributed by atoms with Gasteiger partial charge in [-0.25, -0.2) is 14.4 Å². The predicted octanol–water partition coefficient (Wildman–Crippen LogP) is 2.94. The fraction of sp³-hybridized carbons (Fsp3) is 0.130. The zero-order valence-electron chi connectivity index (χ0n) is 17.5. The fourth-order valence-corrected chi connectivity index (χ4v) is 3.85. The van der Waals surface area contributed by atoms with Crippen LogP contribution in [0.2, 0.25) is 5.02 Å². The molecule has 1 aliphatic rings. The van der Waals surface area contributed by atoms with Gasteiger partial charge in [0.1, 0.15) is 11.5 Å². The lowest BCUT2D eigenvalue weighted by Crippen LogP contribution is -2.40. The number of ether oxygens (including phenoxy) is 2. The van der Waals surface area contributed by atoms with Crippen LogP contribution in [-0.2, 0) is 19.1 Å². The molecule has 0 bridgehead atoms. The number of benzene rings is 2. The van der Waals surface area contributed by atoms with Gasteiger partial charge in [-0.05, 0) is 23.8 Å². The van der Waals surface area contributed by atoms with Crippen molar-refractivity contribution >= 4 is 35.2 Å². The molecular weight excluding hydrogens is 450 g/mol. The van der Waals surface area contributed by atoms with E-state index in [1.54, 1.807) is 30.3 Å². The van der Waals surface area contributed by atoms with Crippen LogP contribution in [0, 0.1) is 11.3 Å². The summed E-state index contributed by atoms with van der Waals surface area (Å²) >= 11 is 6.12. The second kappa shape index (κ2) is 9.46.